The predicted octanol–water partition coefficient (Wildman–Crippen LogP) is 3.44. The monoisotopic (exact) mass is 255 g/mol. The molecular weight excluding hydrogens is 234 g/mol. The number of nitrogens with two attached hydrogens (primary N) is 1. The maximum absolute atomic E-state index is 6.36. The quantitative estimate of drug-likeness (QED) is 0.794. The zero-order valence-corrected chi connectivity index (χ0v) is 11.7. The van der Waals surface area contributed by atoms with E-state index in [0.717, 1.165) is 35.4 Å². The summed E-state index contributed by atoms with van der Waals surface area (Å²) in [6.45, 7) is 6.83. The number of benzene rings is 1. The van der Waals surface area contributed by atoms with Crippen LogP contribution in [0.5, 0.6) is 0 Å². The molecule has 1 aromatic carbocycles. The van der Waals surface area contributed by atoms with E-state index in [-0.39, 0.29) is 0 Å². The zero-order chi connectivity index (χ0) is 13.5. The van der Waals surface area contributed by atoms with Gasteiger partial charge in [0.1, 0.15) is 0 Å². The molecule has 1 fully saturated rings. The molecule has 1 aromatic heterocycles. The minimum Gasteiger partial charge on any atom is -0.396 e. The number of rotatable bonds is 1. The van der Waals surface area contributed by atoms with Crippen molar-refractivity contribution in [1.29, 1.82) is 0 Å². The molecule has 2 heterocycles. The van der Waals surface area contributed by atoms with Crippen LogP contribution in [0.1, 0.15) is 26.7 Å². The van der Waals surface area contributed by atoms with E-state index in [0.29, 0.717) is 5.41 Å². The lowest BCUT2D eigenvalue weighted by atomic mass is 9.84. The van der Waals surface area contributed by atoms with Crippen molar-refractivity contribution in [2.75, 3.05) is 23.7 Å². The number of hydrogen-bond acceptors (Lipinski definition) is 3. The van der Waals surface area contributed by atoms with Gasteiger partial charge in [-0.05, 0) is 42.5 Å². The van der Waals surface area contributed by atoms with Gasteiger partial charge in [0.15, 0.2) is 0 Å². The third kappa shape index (κ3) is 2.25. The molecule has 0 radical (unpaired) electrons. The van der Waals surface area contributed by atoms with Crippen LogP contribution in [0.2, 0.25) is 0 Å². The van der Waals surface area contributed by atoms with Gasteiger partial charge in [0.25, 0.3) is 0 Å². The van der Waals surface area contributed by atoms with E-state index in [4.69, 9.17) is 5.73 Å². The second kappa shape index (κ2) is 4.41. The molecule has 100 valence electrons. The third-order valence-corrected chi connectivity index (χ3v) is 4.04. The lowest BCUT2D eigenvalue weighted by molar-refractivity contribution is 0.293. The summed E-state index contributed by atoms with van der Waals surface area (Å²) in [6.07, 6.45) is 4.33. The van der Waals surface area contributed by atoms with Gasteiger partial charge in [-0.2, -0.15) is 0 Å². The lowest BCUT2D eigenvalue weighted by Gasteiger charge is -2.40. The van der Waals surface area contributed by atoms with Crippen molar-refractivity contribution in [3.8, 4) is 0 Å². The van der Waals surface area contributed by atoms with Crippen LogP contribution in [0.25, 0.3) is 10.9 Å². The zero-order valence-electron chi connectivity index (χ0n) is 11.7. The van der Waals surface area contributed by atoms with Gasteiger partial charge in [-0.15, -0.1) is 0 Å². The minimum atomic E-state index is 0.370. The molecule has 0 spiro atoms. The Hall–Kier alpha value is -1.77. The van der Waals surface area contributed by atoms with Gasteiger partial charge >= 0.3 is 0 Å². The van der Waals surface area contributed by atoms with Gasteiger partial charge in [-0.1, -0.05) is 13.8 Å². The maximum atomic E-state index is 6.36. The average Bonchev–Trinajstić information content (AvgIpc) is 2.38. The number of aromatic nitrogens is 1. The number of nitrogens with zero attached hydrogens (tertiary/aromatic N) is 2. The molecule has 3 nitrogen and oxygen atoms in total. The van der Waals surface area contributed by atoms with Gasteiger partial charge in [-0.3, -0.25) is 4.98 Å². The Labute approximate surface area is 114 Å². The molecule has 0 amide bonds. The third-order valence-electron chi connectivity index (χ3n) is 4.04. The van der Waals surface area contributed by atoms with Crippen molar-refractivity contribution in [1.82, 2.24) is 4.98 Å². The van der Waals surface area contributed by atoms with E-state index in [9.17, 15) is 0 Å². The summed E-state index contributed by atoms with van der Waals surface area (Å²) < 4.78 is 0. The van der Waals surface area contributed by atoms with Crippen molar-refractivity contribution < 1.29 is 0 Å². The Morgan fingerprint density at radius 1 is 1.26 bits per heavy atom. The van der Waals surface area contributed by atoms with Crippen LogP contribution in [-0.2, 0) is 0 Å². The molecule has 2 N–H and O–H groups in total. The number of anilines is 2. The first-order valence-electron chi connectivity index (χ1n) is 6.95. The first kappa shape index (κ1) is 12.3. The highest BCUT2D eigenvalue weighted by Gasteiger charge is 2.27. The predicted molar refractivity (Wildman–Crippen MR) is 81.4 cm³/mol. The molecule has 19 heavy (non-hydrogen) atoms. The molecule has 1 aliphatic rings. The van der Waals surface area contributed by atoms with Gasteiger partial charge in [0.2, 0.25) is 0 Å². The van der Waals surface area contributed by atoms with Crippen LogP contribution >= 0.6 is 0 Å². The highest BCUT2D eigenvalue weighted by molar-refractivity contribution is 5.97. The number of pyridine rings is 1. The van der Waals surface area contributed by atoms with Crippen molar-refractivity contribution in [3.05, 3.63) is 30.5 Å². The molecule has 1 saturated heterocycles. The Bertz CT molecular complexity index is 604. The molecule has 1 aliphatic heterocycles. The fourth-order valence-corrected chi connectivity index (χ4v) is 3.07. The smallest absolute Gasteiger partial charge is 0.0724 e. The van der Waals surface area contributed by atoms with Crippen molar-refractivity contribution in [2.24, 2.45) is 5.41 Å². The fourth-order valence-electron chi connectivity index (χ4n) is 3.07. The second-order valence-corrected chi connectivity index (χ2v) is 6.26. The first-order valence-corrected chi connectivity index (χ1v) is 6.95. The number of piperidine rings is 1. The topological polar surface area (TPSA) is 42.2 Å². The Balaban J connectivity index is 2.03. The van der Waals surface area contributed by atoms with E-state index in [1.807, 2.05) is 12.3 Å². The van der Waals surface area contributed by atoms with E-state index in [1.165, 1.54) is 12.8 Å². The first-order chi connectivity index (χ1) is 9.07. The van der Waals surface area contributed by atoms with E-state index in [1.54, 1.807) is 0 Å². The van der Waals surface area contributed by atoms with E-state index in [2.05, 4.69) is 41.9 Å². The number of hydrogen-bond donors (Lipinski definition) is 1. The summed E-state index contributed by atoms with van der Waals surface area (Å²) in [5, 5.41) is 1.06. The molecule has 0 saturated carbocycles. The molecule has 3 heteroatoms. The maximum Gasteiger partial charge on any atom is 0.0724 e. The normalized spacial score (nSPS) is 18.7. The molecule has 0 aliphatic carbocycles. The summed E-state index contributed by atoms with van der Waals surface area (Å²) in [7, 11) is 0. The Morgan fingerprint density at radius 3 is 2.89 bits per heavy atom. The highest BCUT2D eigenvalue weighted by atomic mass is 15.2. The SMILES string of the molecule is CC1(C)CCCN(c2ccc3ncccc3c2N)C1. The minimum absolute atomic E-state index is 0.370. The Morgan fingerprint density at radius 2 is 2.11 bits per heavy atom. The van der Waals surface area contributed by atoms with Gasteiger partial charge in [0.05, 0.1) is 16.9 Å². The largest absolute Gasteiger partial charge is 0.396 e. The number of fused-ring (bicyclic) bond motifs is 1. The van der Waals surface area contributed by atoms with Crippen LogP contribution in [0.4, 0.5) is 11.4 Å². The van der Waals surface area contributed by atoms with E-state index >= 15 is 0 Å². The fraction of sp³-hybridized carbons (Fsp3) is 0.438. The molecule has 3 rings (SSSR count). The van der Waals surface area contributed by atoms with Crippen molar-refractivity contribution >= 4 is 22.3 Å². The average molecular weight is 255 g/mol. The summed E-state index contributed by atoms with van der Waals surface area (Å²) in [5.74, 6) is 0. The van der Waals surface area contributed by atoms with Crippen LogP contribution in [0.15, 0.2) is 30.5 Å². The van der Waals surface area contributed by atoms with Crippen LogP contribution < -0.4 is 10.6 Å². The van der Waals surface area contributed by atoms with Crippen LogP contribution in [-0.4, -0.2) is 18.1 Å². The van der Waals surface area contributed by atoms with Gasteiger partial charge in [-0.25, -0.2) is 0 Å². The van der Waals surface area contributed by atoms with Crippen molar-refractivity contribution in [3.63, 3.8) is 0 Å². The molecule has 0 bridgehead atoms. The van der Waals surface area contributed by atoms with Gasteiger partial charge in [0, 0.05) is 24.7 Å². The molecule has 0 unspecified atom stereocenters. The van der Waals surface area contributed by atoms with Crippen LogP contribution in [0.3, 0.4) is 0 Å². The molecule has 0 atom stereocenters. The molecule has 2 aromatic rings. The summed E-state index contributed by atoms with van der Waals surface area (Å²) >= 11 is 0. The second-order valence-electron chi connectivity index (χ2n) is 6.26. The Kier molecular flexibility index (Phi) is 2.85. The van der Waals surface area contributed by atoms with Crippen LogP contribution in [0, 0.1) is 5.41 Å². The lowest BCUT2D eigenvalue weighted by Crippen LogP contribution is -2.40. The summed E-state index contributed by atoms with van der Waals surface area (Å²) in [4.78, 5) is 6.78. The summed E-state index contributed by atoms with van der Waals surface area (Å²) in [5.41, 5.74) is 9.72. The highest BCUT2D eigenvalue weighted by Crippen LogP contribution is 2.36. The van der Waals surface area contributed by atoms with Gasteiger partial charge < -0.3 is 10.6 Å². The summed E-state index contributed by atoms with van der Waals surface area (Å²) in [6, 6.07) is 8.19. The van der Waals surface area contributed by atoms with E-state index < -0.39 is 0 Å². The standard InChI is InChI=1S/C16H21N3/c1-16(2)8-4-10-19(11-16)14-7-6-13-12(15(14)17)5-3-9-18-13/h3,5-7,9H,4,8,10-11,17H2,1-2H3. The van der Waals surface area contributed by atoms with Crippen molar-refractivity contribution in [2.45, 2.75) is 26.7 Å². The number of nitrogen functional groups attached to an aromatic ring is 1. The molecular formula is C16H21N3.